The number of hydrogen-bond acceptors (Lipinski definition) is 4. The predicted octanol–water partition coefficient (Wildman–Crippen LogP) is 13.8. The molecule has 0 spiro atoms. The van der Waals surface area contributed by atoms with Gasteiger partial charge in [0.1, 0.15) is 0 Å². The fraction of sp³-hybridized carbons (Fsp3) is 0. The smallest absolute Gasteiger partial charge is 0.160 e. The molecule has 8 aromatic carbocycles. The first-order chi connectivity index (χ1) is 30.2. The molecule has 0 unspecified atom stereocenters. The van der Waals surface area contributed by atoms with Gasteiger partial charge in [-0.15, -0.1) is 0 Å². The Kier molecular flexibility index (Phi) is 10.1. The van der Waals surface area contributed by atoms with Crippen LogP contribution in [0.1, 0.15) is 27.8 Å². The second-order valence-electron chi connectivity index (χ2n) is 15.0. The lowest BCUT2D eigenvalue weighted by molar-refractivity contribution is 1.18. The second kappa shape index (κ2) is 16.6. The predicted molar refractivity (Wildman–Crippen MR) is 253 cm³/mol. The SMILES string of the molecule is N=C(/C(=C1\NC(c2ccccc2)=Cc2c1cccc2-c1ccc(-c2cc(-c3cccc(-c4ccccc4)c3)nc(-c3ccccc3)n2)cc1)c1ccccc1)c1ccccc1. The second-order valence-corrected chi connectivity index (χ2v) is 15.0. The lowest BCUT2D eigenvalue weighted by Gasteiger charge is -2.27. The van der Waals surface area contributed by atoms with Gasteiger partial charge in [-0.3, -0.25) is 5.41 Å². The van der Waals surface area contributed by atoms with Crippen molar-refractivity contribution in [3.63, 3.8) is 0 Å². The van der Waals surface area contributed by atoms with Gasteiger partial charge in [0.05, 0.1) is 22.8 Å². The van der Waals surface area contributed by atoms with E-state index in [1.54, 1.807) is 0 Å². The number of fused-ring (bicyclic) bond motifs is 1. The van der Waals surface area contributed by atoms with E-state index in [2.05, 4.69) is 157 Å². The van der Waals surface area contributed by atoms with Gasteiger partial charge in [-0.25, -0.2) is 9.97 Å². The summed E-state index contributed by atoms with van der Waals surface area (Å²) >= 11 is 0. The van der Waals surface area contributed by atoms with E-state index in [4.69, 9.17) is 9.97 Å². The normalized spacial score (nSPS) is 12.8. The van der Waals surface area contributed by atoms with Crippen molar-refractivity contribution < 1.29 is 0 Å². The molecule has 0 saturated heterocycles. The summed E-state index contributed by atoms with van der Waals surface area (Å²) in [4.78, 5) is 10.3. The number of nitrogens with zero attached hydrogens (tertiary/aromatic N) is 2. The Morgan fingerprint density at radius 2 is 0.869 bits per heavy atom. The van der Waals surface area contributed by atoms with Crippen molar-refractivity contribution in [1.82, 2.24) is 15.3 Å². The third-order valence-electron chi connectivity index (χ3n) is 11.1. The minimum Gasteiger partial charge on any atom is -0.354 e. The van der Waals surface area contributed by atoms with Gasteiger partial charge in [-0.1, -0.05) is 212 Å². The molecule has 0 saturated carbocycles. The molecule has 10 rings (SSSR count). The molecule has 61 heavy (non-hydrogen) atoms. The van der Waals surface area contributed by atoms with E-state index in [1.165, 1.54) is 0 Å². The Balaban J connectivity index is 1.10. The summed E-state index contributed by atoms with van der Waals surface area (Å²) in [5.74, 6) is 0.681. The Bertz CT molecular complexity index is 3070. The van der Waals surface area contributed by atoms with Crippen molar-refractivity contribution in [1.29, 1.82) is 5.41 Å². The highest BCUT2D eigenvalue weighted by Gasteiger charge is 2.25. The molecule has 1 aliphatic rings. The molecule has 0 aliphatic carbocycles. The van der Waals surface area contributed by atoms with Crippen LogP contribution in [0.5, 0.6) is 0 Å². The summed E-state index contributed by atoms with van der Waals surface area (Å²) in [6, 6.07) is 77.1. The summed E-state index contributed by atoms with van der Waals surface area (Å²) in [7, 11) is 0. The summed E-state index contributed by atoms with van der Waals surface area (Å²) < 4.78 is 0. The maximum atomic E-state index is 9.66. The van der Waals surface area contributed by atoms with Gasteiger partial charge < -0.3 is 5.32 Å². The van der Waals surface area contributed by atoms with Crippen molar-refractivity contribution in [2.75, 3.05) is 0 Å². The van der Waals surface area contributed by atoms with Crippen LogP contribution in [0.2, 0.25) is 0 Å². The van der Waals surface area contributed by atoms with Crippen molar-refractivity contribution >= 4 is 28.8 Å². The highest BCUT2D eigenvalue weighted by molar-refractivity contribution is 6.36. The molecule has 0 amide bonds. The molecule has 1 aliphatic heterocycles. The van der Waals surface area contributed by atoms with Crippen LogP contribution in [0.3, 0.4) is 0 Å². The summed E-state index contributed by atoms with van der Waals surface area (Å²) in [6.07, 6.45) is 2.25. The van der Waals surface area contributed by atoms with Crippen LogP contribution < -0.4 is 5.32 Å². The molecule has 4 nitrogen and oxygen atoms in total. The highest BCUT2D eigenvalue weighted by atomic mass is 14.9. The average Bonchev–Trinajstić information content (AvgIpc) is 3.35. The van der Waals surface area contributed by atoms with Crippen molar-refractivity contribution in [3.8, 4) is 56.2 Å². The topological polar surface area (TPSA) is 61.7 Å². The molecule has 0 atom stereocenters. The first-order valence-corrected chi connectivity index (χ1v) is 20.5. The van der Waals surface area contributed by atoms with Crippen molar-refractivity contribution in [2.24, 2.45) is 0 Å². The van der Waals surface area contributed by atoms with E-state index < -0.39 is 0 Å². The quantitative estimate of drug-likeness (QED) is 0.143. The fourth-order valence-electron chi connectivity index (χ4n) is 8.08. The van der Waals surface area contributed by atoms with E-state index in [0.29, 0.717) is 11.5 Å². The van der Waals surface area contributed by atoms with Gasteiger partial charge in [-0.2, -0.15) is 0 Å². The maximum Gasteiger partial charge on any atom is 0.160 e. The largest absolute Gasteiger partial charge is 0.354 e. The highest BCUT2D eigenvalue weighted by Crippen LogP contribution is 2.41. The first kappa shape index (κ1) is 37.1. The molecular weight excluding hydrogens is 741 g/mol. The first-order valence-electron chi connectivity index (χ1n) is 20.5. The molecule has 0 bridgehead atoms. The average molecular weight is 781 g/mol. The van der Waals surface area contributed by atoms with Crippen LogP contribution in [0.4, 0.5) is 0 Å². The number of rotatable bonds is 9. The molecule has 0 radical (unpaired) electrons. The fourth-order valence-corrected chi connectivity index (χ4v) is 8.08. The molecular formula is C57H40N4. The summed E-state index contributed by atoms with van der Waals surface area (Å²) in [6.45, 7) is 0. The van der Waals surface area contributed by atoms with Crippen molar-refractivity contribution in [3.05, 3.63) is 252 Å². The Morgan fingerprint density at radius 3 is 1.52 bits per heavy atom. The van der Waals surface area contributed by atoms with E-state index in [-0.39, 0.29) is 0 Å². The van der Waals surface area contributed by atoms with Crippen LogP contribution in [-0.2, 0) is 0 Å². The van der Waals surface area contributed by atoms with E-state index in [9.17, 15) is 5.41 Å². The standard InChI is InChI=1S/C57H40N4/c58-55(44-24-12-4-13-25-44)54(43-22-10-3-11-23-43)56-49-31-17-30-48(50(49)37-51(59-56)41-20-8-2-9-21-41)40-32-34-42(35-33-40)52-38-53(61-57(60-52)45-26-14-5-15-27-45)47-29-16-28-46(36-47)39-18-6-1-7-19-39/h1-38,58-59H/b56-54-,58-55?. The summed E-state index contributed by atoms with van der Waals surface area (Å²) in [5, 5.41) is 13.5. The molecule has 0 fully saturated rings. The molecule has 1 aromatic heterocycles. The Hall–Kier alpha value is -8.21. The lowest BCUT2D eigenvalue weighted by atomic mass is 9.85. The number of nitrogens with one attached hydrogen (secondary N) is 2. The molecule has 2 N–H and O–H groups in total. The van der Waals surface area contributed by atoms with Crippen LogP contribution in [0.25, 0.3) is 79.2 Å². The van der Waals surface area contributed by atoms with Crippen LogP contribution >= 0.6 is 0 Å². The van der Waals surface area contributed by atoms with Gasteiger partial charge in [0.2, 0.25) is 0 Å². The molecule has 9 aromatic rings. The maximum absolute atomic E-state index is 9.66. The van der Waals surface area contributed by atoms with E-state index in [1.807, 2.05) is 78.9 Å². The van der Waals surface area contributed by atoms with Gasteiger partial charge in [0.25, 0.3) is 0 Å². The van der Waals surface area contributed by atoms with Gasteiger partial charge in [0, 0.05) is 39.1 Å². The van der Waals surface area contributed by atoms with Crippen LogP contribution in [-0.4, -0.2) is 15.7 Å². The minimum atomic E-state index is 0.454. The van der Waals surface area contributed by atoms with Gasteiger partial charge in [0.15, 0.2) is 5.82 Å². The Morgan fingerprint density at radius 1 is 0.377 bits per heavy atom. The molecule has 4 heteroatoms. The zero-order valence-electron chi connectivity index (χ0n) is 33.3. The minimum absolute atomic E-state index is 0.454. The number of hydrogen-bond donors (Lipinski definition) is 2. The lowest BCUT2D eigenvalue weighted by Crippen LogP contribution is -2.20. The number of aromatic nitrogens is 2. The zero-order valence-corrected chi connectivity index (χ0v) is 33.3. The number of allylic oxidation sites excluding steroid dienone is 1. The molecule has 288 valence electrons. The van der Waals surface area contributed by atoms with Gasteiger partial charge >= 0.3 is 0 Å². The third kappa shape index (κ3) is 7.62. The van der Waals surface area contributed by atoms with E-state index in [0.717, 1.165) is 95.1 Å². The zero-order chi connectivity index (χ0) is 41.0. The van der Waals surface area contributed by atoms with E-state index >= 15 is 0 Å². The Labute approximate surface area is 356 Å². The van der Waals surface area contributed by atoms with Crippen molar-refractivity contribution in [2.45, 2.75) is 0 Å². The number of benzene rings is 8. The summed E-state index contributed by atoms with van der Waals surface area (Å²) in [5.41, 5.74) is 17.4. The van der Waals surface area contributed by atoms with Gasteiger partial charge in [-0.05, 0) is 57.2 Å². The van der Waals surface area contributed by atoms with Crippen LogP contribution in [0.15, 0.2) is 224 Å². The monoisotopic (exact) mass is 780 g/mol. The third-order valence-corrected chi connectivity index (χ3v) is 11.1. The molecule has 2 heterocycles. The van der Waals surface area contributed by atoms with Crippen LogP contribution in [0, 0.1) is 5.41 Å².